The van der Waals surface area contributed by atoms with Gasteiger partial charge in [-0.25, -0.2) is 9.50 Å². The lowest BCUT2D eigenvalue weighted by atomic mass is 10.1. The third-order valence-electron chi connectivity index (χ3n) is 4.09. The van der Waals surface area contributed by atoms with Gasteiger partial charge in [-0.1, -0.05) is 0 Å². The average Bonchev–Trinajstić information content (AvgIpc) is 3.03. The summed E-state index contributed by atoms with van der Waals surface area (Å²) in [4.78, 5) is 30.8. The minimum Gasteiger partial charge on any atom is -0.366 e. The van der Waals surface area contributed by atoms with Gasteiger partial charge < -0.3 is 11.1 Å². The molecule has 2 amide bonds. The van der Waals surface area contributed by atoms with E-state index in [9.17, 15) is 22.8 Å². The van der Waals surface area contributed by atoms with Crippen molar-refractivity contribution in [3.8, 4) is 0 Å². The monoisotopic (exact) mass is 392 g/mol. The highest BCUT2D eigenvalue weighted by Crippen LogP contribution is 2.27. The summed E-state index contributed by atoms with van der Waals surface area (Å²) in [5.74, 6) is -2.47. The second kappa shape index (κ2) is 6.91. The number of rotatable bonds is 4. The number of carbonyl (C=O) groups excluding carboxylic acids is 2. The normalized spacial score (nSPS) is 11.6. The number of benzene rings is 1. The number of hydrogen-bond acceptors (Lipinski definition) is 5. The van der Waals surface area contributed by atoms with Crippen molar-refractivity contribution >= 4 is 23.3 Å². The number of hydrogen-bond donors (Lipinski definition) is 2. The maximum Gasteiger partial charge on any atom is 0.453 e. The van der Waals surface area contributed by atoms with Gasteiger partial charge in [0.1, 0.15) is 0 Å². The Morgan fingerprint density at radius 3 is 2.36 bits per heavy atom. The molecule has 0 spiro atoms. The average molecular weight is 392 g/mol. The highest BCUT2D eigenvalue weighted by molar-refractivity contribution is 5.95. The molecule has 0 atom stereocenters. The Labute approximate surface area is 156 Å². The van der Waals surface area contributed by atoms with E-state index in [2.05, 4.69) is 20.4 Å². The second-order valence-electron chi connectivity index (χ2n) is 6.07. The number of alkyl halides is 3. The fourth-order valence-electron chi connectivity index (χ4n) is 2.67. The van der Waals surface area contributed by atoms with Crippen molar-refractivity contribution in [2.24, 2.45) is 5.73 Å². The lowest BCUT2D eigenvalue weighted by Crippen LogP contribution is -2.18. The third-order valence-corrected chi connectivity index (χ3v) is 4.09. The molecule has 0 aliphatic rings. The molecule has 2 heterocycles. The molecule has 0 saturated heterocycles. The van der Waals surface area contributed by atoms with Crippen LogP contribution in [0.5, 0.6) is 0 Å². The van der Waals surface area contributed by atoms with E-state index in [4.69, 9.17) is 5.73 Å². The molecule has 146 valence electrons. The maximum atomic E-state index is 12.8. The molecule has 0 saturated carbocycles. The Hall–Kier alpha value is -3.50. The minimum absolute atomic E-state index is 0.126. The van der Waals surface area contributed by atoms with Crippen molar-refractivity contribution in [2.75, 3.05) is 5.32 Å². The molecule has 2 aromatic heterocycles. The van der Waals surface area contributed by atoms with Gasteiger partial charge in [-0.2, -0.15) is 18.2 Å². The highest BCUT2D eigenvalue weighted by atomic mass is 19.4. The van der Waals surface area contributed by atoms with E-state index in [1.54, 1.807) is 13.8 Å². The first kappa shape index (κ1) is 19.3. The van der Waals surface area contributed by atoms with Crippen LogP contribution in [0.15, 0.2) is 24.3 Å². The topological polar surface area (TPSA) is 115 Å². The minimum atomic E-state index is -4.69. The Morgan fingerprint density at radius 1 is 1.14 bits per heavy atom. The van der Waals surface area contributed by atoms with Gasteiger partial charge in [-0.05, 0) is 38.1 Å². The number of aromatic nitrogens is 4. The van der Waals surface area contributed by atoms with Crippen LogP contribution in [-0.2, 0) is 17.4 Å². The standard InChI is InChI=1S/C17H15F3N6O2/c1-8-12(7-13(27)23-11-5-3-10(4-6-11)14(21)28)9(2)26-16(22-8)24-15(25-26)17(18,19)20/h3-6H,7H2,1-2H3,(H2,21,28)(H,23,27). The first-order chi connectivity index (χ1) is 13.1. The van der Waals surface area contributed by atoms with Crippen LogP contribution < -0.4 is 11.1 Å². The number of amides is 2. The number of primary amides is 1. The first-order valence-electron chi connectivity index (χ1n) is 8.06. The molecular formula is C17H15F3N6O2. The predicted octanol–water partition coefficient (Wildman–Crippen LogP) is 2.04. The van der Waals surface area contributed by atoms with Gasteiger partial charge in [-0.3, -0.25) is 9.59 Å². The van der Waals surface area contributed by atoms with Crippen molar-refractivity contribution in [3.63, 3.8) is 0 Å². The quantitative estimate of drug-likeness (QED) is 0.705. The molecule has 0 radical (unpaired) electrons. The Balaban J connectivity index is 1.84. The van der Waals surface area contributed by atoms with Gasteiger partial charge >= 0.3 is 6.18 Å². The molecule has 3 rings (SSSR count). The fourth-order valence-corrected chi connectivity index (χ4v) is 2.67. The van der Waals surface area contributed by atoms with Gasteiger partial charge in [0.05, 0.1) is 6.42 Å². The van der Waals surface area contributed by atoms with E-state index in [1.807, 2.05) is 0 Å². The van der Waals surface area contributed by atoms with Crippen molar-refractivity contribution in [3.05, 3.63) is 52.6 Å². The van der Waals surface area contributed by atoms with Crippen molar-refractivity contribution in [1.82, 2.24) is 19.6 Å². The largest absolute Gasteiger partial charge is 0.453 e. The van der Waals surface area contributed by atoms with Gasteiger partial charge in [-0.15, -0.1) is 5.10 Å². The van der Waals surface area contributed by atoms with Crippen molar-refractivity contribution in [1.29, 1.82) is 0 Å². The summed E-state index contributed by atoms with van der Waals surface area (Å²) in [7, 11) is 0. The zero-order chi connectivity index (χ0) is 20.6. The fraction of sp³-hybridized carbons (Fsp3) is 0.235. The van der Waals surface area contributed by atoms with E-state index in [1.165, 1.54) is 24.3 Å². The van der Waals surface area contributed by atoms with E-state index in [-0.39, 0.29) is 12.2 Å². The number of nitrogens with zero attached hydrogens (tertiary/aromatic N) is 4. The molecule has 0 unspecified atom stereocenters. The molecule has 8 nitrogen and oxygen atoms in total. The van der Waals surface area contributed by atoms with Gasteiger partial charge in [0.2, 0.25) is 11.8 Å². The SMILES string of the molecule is Cc1nc2nc(C(F)(F)F)nn2c(C)c1CC(=O)Nc1ccc(C(N)=O)cc1. The van der Waals surface area contributed by atoms with Crippen molar-refractivity contribution < 1.29 is 22.8 Å². The number of nitrogens with two attached hydrogens (primary N) is 1. The van der Waals surface area contributed by atoms with E-state index < -0.39 is 23.8 Å². The summed E-state index contributed by atoms with van der Waals surface area (Å²) in [6.07, 6.45) is -4.82. The Bertz CT molecular complexity index is 1070. The van der Waals surface area contributed by atoms with Crippen LogP contribution in [0.2, 0.25) is 0 Å². The summed E-state index contributed by atoms with van der Waals surface area (Å²) in [6.45, 7) is 3.12. The number of fused-ring (bicyclic) bond motifs is 1. The van der Waals surface area contributed by atoms with Crippen LogP contribution >= 0.6 is 0 Å². The molecule has 0 bridgehead atoms. The van der Waals surface area contributed by atoms with Crippen LogP contribution in [0.3, 0.4) is 0 Å². The summed E-state index contributed by atoms with van der Waals surface area (Å²) in [5.41, 5.74) is 7.06. The molecule has 11 heteroatoms. The summed E-state index contributed by atoms with van der Waals surface area (Å²) < 4.78 is 39.5. The third kappa shape index (κ3) is 3.77. The van der Waals surface area contributed by atoms with Gasteiger partial charge in [0.15, 0.2) is 0 Å². The van der Waals surface area contributed by atoms with Crippen LogP contribution in [0, 0.1) is 13.8 Å². The Kier molecular flexibility index (Phi) is 4.75. The molecule has 0 aliphatic heterocycles. The number of anilines is 1. The van der Waals surface area contributed by atoms with Gasteiger partial charge in [0.25, 0.3) is 11.6 Å². The molecule has 3 N–H and O–H groups in total. The number of nitrogens with one attached hydrogen (secondary N) is 1. The molecule has 0 aliphatic carbocycles. The zero-order valence-electron chi connectivity index (χ0n) is 14.8. The van der Waals surface area contributed by atoms with E-state index in [0.29, 0.717) is 28.2 Å². The number of halogens is 3. The summed E-state index contributed by atoms with van der Waals surface area (Å²) in [5, 5.41) is 6.09. The Morgan fingerprint density at radius 2 is 1.79 bits per heavy atom. The first-order valence-corrected chi connectivity index (χ1v) is 8.06. The lowest BCUT2D eigenvalue weighted by Gasteiger charge is -2.11. The molecular weight excluding hydrogens is 377 g/mol. The van der Waals surface area contributed by atoms with Crippen molar-refractivity contribution in [2.45, 2.75) is 26.4 Å². The number of aryl methyl sites for hydroxylation is 2. The zero-order valence-corrected chi connectivity index (χ0v) is 14.8. The highest BCUT2D eigenvalue weighted by Gasteiger charge is 2.37. The second-order valence-corrected chi connectivity index (χ2v) is 6.07. The van der Waals surface area contributed by atoms with Crippen LogP contribution in [0.25, 0.3) is 5.78 Å². The summed E-state index contributed by atoms with van der Waals surface area (Å²) >= 11 is 0. The van der Waals surface area contributed by atoms with Crippen LogP contribution in [-0.4, -0.2) is 31.4 Å². The summed E-state index contributed by atoms with van der Waals surface area (Å²) in [6, 6.07) is 5.98. The van der Waals surface area contributed by atoms with E-state index in [0.717, 1.165) is 4.52 Å². The number of carbonyl (C=O) groups is 2. The molecule has 1 aromatic carbocycles. The molecule has 0 fully saturated rings. The smallest absolute Gasteiger partial charge is 0.366 e. The molecule has 3 aromatic rings. The van der Waals surface area contributed by atoms with Crippen LogP contribution in [0.4, 0.5) is 18.9 Å². The maximum absolute atomic E-state index is 12.8. The lowest BCUT2D eigenvalue weighted by molar-refractivity contribution is -0.144. The van der Waals surface area contributed by atoms with Crippen LogP contribution in [0.1, 0.15) is 33.1 Å². The van der Waals surface area contributed by atoms with Gasteiger partial charge in [0, 0.05) is 28.2 Å². The van der Waals surface area contributed by atoms with E-state index >= 15 is 0 Å². The predicted molar refractivity (Wildman–Crippen MR) is 92.6 cm³/mol. The molecule has 28 heavy (non-hydrogen) atoms.